The highest BCUT2D eigenvalue weighted by Crippen LogP contribution is 2.59. The molecule has 1 aliphatic rings. The third-order valence-corrected chi connectivity index (χ3v) is 3.92. The Kier molecular flexibility index (Phi) is 3.61. The van der Waals surface area contributed by atoms with Crippen LogP contribution in [0.5, 0.6) is 0 Å². The summed E-state index contributed by atoms with van der Waals surface area (Å²) in [6, 6.07) is 0. The molecular weight excluding hydrogens is 144 g/mol. The van der Waals surface area contributed by atoms with Gasteiger partial charge in [0.05, 0.1) is 0 Å². The molecule has 0 aromatic heterocycles. The minimum Gasteiger partial charge on any atom is -0.0654 e. The Morgan fingerprint density at radius 1 is 1.08 bits per heavy atom. The summed E-state index contributed by atoms with van der Waals surface area (Å²) >= 11 is 0. The Morgan fingerprint density at radius 2 is 1.75 bits per heavy atom. The van der Waals surface area contributed by atoms with E-state index in [1.165, 1.54) is 44.9 Å². The average molecular weight is 168 g/mol. The van der Waals surface area contributed by atoms with Crippen molar-refractivity contribution in [1.29, 1.82) is 0 Å². The molecule has 0 spiro atoms. The molecule has 1 fully saturated rings. The van der Waals surface area contributed by atoms with E-state index in [0.29, 0.717) is 0 Å². The lowest BCUT2D eigenvalue weighted by Crippen LogP contribution is -2.00. The van der Waals surface area contributed by atoms with E-state index in [9.17, 15) is 0 Å². The van der Waals surface area contributed by atoms with Crippen LogP contribution in [0.4, 0.5) is 0 Å². The third-order valence-electron chi connectivity index (χ3n) is 3.92. The Balaban J connectivity index is 2.13. The second-order valence-corrected chi connectivity index (χ2v) is 4.47. The van der Waals surface area contributed by atoms with Crippen molar-refractivity contribution in [2.45, 2.75) is 65.7 Å². The molecule has 0 N–H and O–H groups in total. The molecule has 72 valence electrons. The van der Waals surface area contributed by atoms with Crippen molar-refractivity contribution in [1.82, 2.24) is 0 Å². The fraction of sp³-hybridized carbons (Fsp3) is 1.00. The molecule has 1 atom stereocenters. The Morgan fingerprint density at radius 3 is 2.17 bits per heavy atom. The van der Waals surface area contributed by atoms with Gasteiger partial charge in [-0.15, -0.1) is 0 Å². The molecule has 12 heavy (non-hydrogen) atoms. The molecule has 1 aliphatic carbocycles. The molecule has 0 radical (unpaired) electrons. The SMILES string of the molecule is CCCCCC1CC1(CC)CC. The molecule has 0 heterocycles. The van der Waals surface area contributed by atoms with Crippen molar-refractivity contribution < 1.29 is 0 Å². The maximum absolute atomic E-state index is 2.36. The first kappa shape index (κ1) is 10.1. The summed E-state index contributed by atoms with van der Waals surface area (Å²) in [7, 11) is 0. The van der Waals surface area contributed by atoms with Gasteiger partial charge in [-0.3, -0.25) is 0 Å². The van der Waals surface area contributed by atoms with Gasteiger partial charge in [-0.25, -0.2) is 0 Å². The van der Waals surface area contributed by atoms with Crippen LogP contribution in [0.15, 0.2) is 0 Å². The maximum atomic E-state index is 2.36. The van der Waals surface area contributed by atoms with Crippen molar-refractivity contribution in [3.05, 3.63) is 0 Å². The van der Waals surface area contributed by atoms with Crippen LogP contribution >= 0.6 is 0 Å². The standard InChI is InChI=1S/C12H24/c1-4-7-8-9-11-10-12(11,5-2)6-3/h11H,4-10H2,1-3H3. The van der Waals surface area contributed by atoms with Gasteiger partial charge < -0.3 is 0 Å². The normalized spacial score (nSPS) is 25.8. The van der Waals surface area contributed by atoms with Gasteiger partial charge in [0, 0.05) is 0 Å². The first-order chi connectivity index (χ1) is 5.79. The van der Waals surface area contributed by atoms with Gasteiger partial charge in [-0.05, 0) is 24.2 Å². The lowest BCUT2D eigenvalue weighted by molar-refractivity contribution is 0.402. The van der Waals surface area contributed by atoms with E-state index < -0.39 is 0 Å². The van der Waals surface area contributed by atoms with Crippen LogP contribution in [0.1, 0.15) is 65.7 Å². The summed E-state index contributed by atoms with van der Waals surface area (Å²) < 4.78 is 0. The summed E-state index contributed by atoms with van der Waals surface area (Å²) in [5.41, 5.74) is 0.799. The molecule has 0 aromatic rings. The molecule has 1 rings (SSSR count). The van der Waals surface area contributed by atoms with Crippen LogP contribution in [-0.2, 0) is 0 Å². The Bertz CT molecular complexity index is 122. The van der Waals surface area contributed by atoms with E-state index in [0.717, 1.165) is 11.3 Å². The molecular formula is C12H24. The highest BCUT2D eigenvalue weighted by molar-refractivity contribution is 4.99. The van der Waals surface area contributed by atoms with E-state index in [1.807, 2.05) is 0 Å². The van der Waals surface area contributed by atoms with Gasteiger partial charge in [0.1, 0.15) is 0 Å². The fourth-order valence-electron chi connectivity index (χ4n) is 2.60. The summed E-state index contributed by atoms with van der Waals surface area (Å²) in [6.45, 7) is 7.02. The Hall–Kier alpha value is 0. The predicted octanol–water partition coefficient (Wildman–Crippen LogP) is 4.39. The highest BCUT2D eigenvalue weighted by Gasteiger charge is 2.49. The van der Waals surface area contributed by atoms with Crippen LogP contribution in [0.3, 0.4) is 0 Å². The van der Waals surface area contributed by atoms with Crippen molar-refractivity contribution in [2.75, 3.05) is 0 Å². The van der Waals surface area contributed by atoms with E-state index in [4.69, 9.17) is 0 Å². The summed E-state index contributed by atoms with van der Waals surface area (Å²) in [4.78, 5) is 0. The van der Waals surface area contributed by atoms with Crippen LogP contribution < -0.4 is 0 Å². The van der Waals surface area contributed by atoms with Gasteiger partial charge in [0.25, 0.3) is 0 Å². The first-order valence-corrected chi connectivity index (χ1v) is 5.79. The smallest absolute Gasteiger partial charge is 0.0271 e. The fourth-order valence-corrected chi connectivity index (χ4v) is 2.60. The van der Waals surface area contributed by atoms with Crippen LogP contribution in [0.2, 0.25) is 0 Å². The molecule has 0 heteroatoms. The molecule has 0 bridgehead atoms. The minimum absolute atomic E-state index is 0.799. The lowest BCUT2D eigenvalue weighted by atomic mass is 9.95. The largest absolute Gasteiger partial charge is 0.0654 e. The van der Waals surface area contributed by atoms with Crippen molar-refractivity contribution in [2.24, 2.45) is 11.3 Å². The van der Waals surface area contributed by atoms with Crippen molar-refractivity contribution >= 4 is 0 Å². The molecule has 0 aliphatic heterocycles. The molecule has 1 saturated carbocycles. The summed E-state index contributed by atoms with van der Waals surface area (Å²) in [6.07, 6.45) is 10.2. The van der Waals surface area contributed by atoms with Gasteiger partial charge in [0.2, 0.25) is 0 Å². The number of rotatable bonds is 6. The Labute approximate surface area is 77.7 Å². The highest BCUT2D eigenvalue weighted by atomic mass is 14.5. The van der Waals surface area contributed by atoms with E-state index in [2.05, 4.69) is 20.8 Å². The molecule has 0 saturated heterocycles. The maximum Gasteiger partial charge on any atom is -0.0271 e. The van der Waals surface area contributed by atoms with Crippen LogP contribution in [0.25, 0.3) is 0 Å². The summed E-state index contributed by atoms with van der Waals surface area (Å²) in [5.74, 6) is 1.10. The van der Waals surface area contributed by atoms with Crippen LogP contribution in [0, 0.1) is 11.3 Å². The topological polar surface area (TPSA) is 0 Å². The lowest BCUT2D eigenvalue weighted by Gasteiger charge is -2.11. The number of unbranched alkanes of at least 4 members (excludes halogenated alkanes) is 2. The van der Waals surface area contributed by atoms with Gasteiger partial charge >= 0.3 is 0 Å². The van der Waals surface area contributed by atoms with E-state index in [1.54, 1.807) is 0 Å². The molecule has 1 unspecified atom stereocenters. The van der Waals surface area contributed by atoms with Crippen molar-refractivity contribution in [3.63, 3.8) is 0 Å². The second kappa shape index (κ2) is 4.30. The van der Waals surface area contributed by atoms with Crippen LogP contribution in [-0.4, -0.2) is 0 Å². The molecule has 0 amide bonds. The predicted molar refractivity (Wildman–Crippen MR) is 55.3 cm³/mol. The first-order valence-electron chi connectivity index (χ1n) is 5.79. The summed E-state index contributed by atoms with van der Waals surface area (Å²) in [5, 5.41) is 0. The quantitative estimate of drug-likeness (QED) is 0.516. The third kappa shape index (κ3) is 2.02. The second-order valence-electron chi connectivity index (χ2n) is 4.47. The average Bonchev–Trinajstić information content (AvgIpc) is 2.80. The van der Waals surface area contributed by atoms with Crippen molar-refractivity contribution in [3.8, 4) is 0 Å². The zero-order chi connectivity index (χ0) is 9.03. The number of hydrogen-bond donors (Lipinski definition) is 0. The van der Waals surface area contributed by atoms with Gasteiger partial charge in [-0.2, -0.15) is 0 Å². The van der Waals surface area contributed by atoms with Gasteiger partial charge in [-0.1, -0.05) is 52.9 Å². The monoisotopic (exact) mass is 168 g/mol. The molecule has 0 nitrogen and oxygen atoms in total. The van der Waals surface area contributed by atoms with E-state index >= 15 is 0 Å². The minimum atomic E-state index is 0.799. The van der Waals surface area contributed by atoms with E-state index in [-0.39, 0.29) is 0 Å². The number of hydrogen-bond acceptors (Lipinski definition) is 0. The van der Waals surface area contributed by atoms with Gasteiger partial charge in [0.15, 0.2) is 0 Å². The zero-order valence-corrected chi connectivity index (χ0v) is 9.03. The molecule has 0 aromatic carbocycles. The zero-order valence-electron chi connectivity index (χ0n) is 9.03.